The number of nitrogens with one attached hydrogen (secondary N) is 1. The van der Waals surface area contributed by atoms with Gasteiger partial charge < -0.3 is 0 Å². The molecule has 0 unspecified atom stereocenters. The largest absolute Gasteiger partial charge is 0.273 e. The Morgan fingerprint density at radius 3 is 2.40 bits per heavy atom. The number of carbonyl (C=O) groups is 1. The van der Waals surface area contributed by atoms with Crippen molar-refractivity contribution >= 4 is 27.5 Å². The summed E-state index contributed by atoms with van der Waals surface area (Å²) < 4.78 is 1.01. The fourth-order valence-corrected chi connectivity index (χ4v) is 1.92. The number of carbonyl (C=O) groups excluding carboxylic acids is 1. The zero-order valence-electron chi connectivity index (χ0n) is 8.75. The summed E-state index contributed by atoms with van der Waals surface area (Å²) >= 11 is 3.37. The maximum absolute atomic E-state index is 11.7. The Kier molecular flexibility index (Phi) is 2.56. The van der Waals surface area contributed by atoms with E-state index in [1.165, 1.54) is 0 Å². The van der Waals surface area contributed by atoms with Gasteiger partial charge in [-0.2, -0.15) is 0 Å². The first-order valence-corrected chi connectivity index (χ1v) is 5.64. The molecule has 15 heavy (non-hydrogen) atoms. The highest BCUT2D eigenvalue weighted by atomic mass is 79.9. The Bertz CT molecular complexity index is 386. The van der Waals surface area contributed by atoms with E-state index < -0.39 is 0 Å². The van der Waals surface area contributed by atoms with Crippen molar-refractivity contribution in [1.29, 1.82) is 0 Å². The number of rotatable bonds is 1. The first-order valence-electron chi connectivity index (χ1n) is 4.84. The van der Waals surface area contributed by atoms with Gasteiger partial charge in [-0.25, -0.2) is 10.4 Å². The monoisotopic (exact) mass is 268 g/mol. The topological polar surface area (TPSA) is 32.3 Å². The molecule has 3 nitrogen and oxygen atoms in total. The molecule has 1 aliphatic heterocycles. The quantitative estimate of drug-likeness (QED) is 0.849. The Hall–Kier alpha value is -0.870. The van der Waals surface area contributed by atoms with Crippen LogP contribution < -0.4 is 10.4 Å². The van der Waals surface area contributed by atoms with Crippen LogP contribution in [0.5, 0.6) is 0 Å². The van der Waals surface area contributed by atoms with E-state index in [1.54, 1.807) is 5.01 Å². The zero-order chi connectivity index (χ0) is 11.1. The lowest BCUT2D eigenvalue weighted by Gasteiger charge is -2.21. The Labute approximate surface area is 97.6 Å². The number of amides is 1. The summed E-state index contributed by atoms with van der Waals surface area (Å²) in [6.45, 7) is 4.04. The second kappa shape index (κ2) is 3.61. The van der Waals surface area contributed by atoms with Gasteiger partial charge in [-0.15, -0.1) is 0 Å². The van der Waals surface area contributed by atoms with E-state index in [2.05, 4.69) is 21.4 Å². The first-order chi connectivity index (χ1) is 6.98. The van der Waals surface area contributed by atoms with E-state index in [4.69, 9.17) is 0 Å². The van der Waals surface area contributed by atoms with Crippen LogP contribution in [0.2, 0.25) is 0 Å². The maximum Gasteiger partial charge on any atom is 0.243 e. The van der Waals surface area contributed by atoms with Gasteiger partial charge in [-0.3, -0.25) is 4.79 Å². The van der Waals surface area contributed by atoms with E-state index in [-0.39, 0.29) is 11.4 Å². The SMILES string of the molecule is CC1(C)CC(=O)N(c2ccc(Br)cc2)N1. The van der Waals surface area contributed by atoms with Crippen molar-refractivity contribution in [2.24, 2.45) is 0 Å². The summed E-state index contributed by atoms with van der Waals surface area (Å²) in [5, 5.41) is 1.62. The molecule has 0 atom stereocenters. The van der Waals surface area contributed by atoms with Crippen LogP contribution in [-0.4, -0.2) is 11.4 Å². The van der Waals surface area contributed by atoms with Crippen LogP contribution in [0.4, 0.5) is 5.69 Å². The fraction of sp³-hybridized carbons (Fsp3) is 0.364. The normalized spacial score (nSPS) is 19.7. The van der Waals surface area contributed by atoms with Crippen molar-refractivity contribution in [2.75, 3.05) is 5.01 Å². The van der Waals surface area contributed by atoms with Gasteiger partial charge in [0.1, 0.15) is 0 Å². The van der Waals surface area contributed by atoms with Gasteiger partial charge in [-0.1, -0.05) is 15.9 Å². The van der Waals surface area contributed by atoms with Crippen LogP contribution in [0.3, 0.4) is 0 Å². The highest BCUT2D eigenvalue weighted by Crippen LogP contribution is 2.25. The van der Waals surface area contributed by atoms with E-state index in [9.17, 15) is 4.79 Å². The van der Waals surface area contributed by atoms with E-state index in [1.807, 2.05) is 38.1 Å². The minimum Gasteiger partial charge on any atom is -0.273 e. The van der Waals surface area contributed by atoms with Gasteiger partial charge in [0, 0.05) is 16.4 Å². The molecule has 0 radical (unpaired) electrons. The van der Waals surface area contributed by atoms with Gasteiger partial charge in [-0.05, 0) is 38.1 Å². The van der Waals surface area contributed by atoms with Gasteiger partial charge >= 0.3 is 0 Å². The molecular weight excluding hydrogens is 256 g/mol. The second-order valence-electron chi connectivity index (χ2n) is 4.38. The molecule has 4 heteroatoms. The van der Waals surface area contributed by atoms with Crippen LogP contribution in [-0.2, 0) is 4.79 Å². The summed E-state index contributed by atoms with van der Waals surface area (Å²) in [6, 6.07) is 7.68. The van der Waals surface area contributed by atoms with Gasteiger partial charge in [0.25, 0.3) is 0 Å². The average Bonchev–Trinajstić information content (AvgIpc) is 2.41. The van der Waals surface area contributed by atoms with E-state index >= 15 is 0 Å². The number of hydrogen-bond acceptors (Lipinski definition) is 2. The Morgan fingerprint density at radius 2 is 1.93 bits per heavy atom. The highest BCUT2D eigenvalue weighted by Gasteiger charge is 2.35. The second-order valence-corrected chi connectivity index (χ2v) is 5.29. The lowest BCUT2D eigenvalue weighted by atomic mass is 10.0. The molecule has 1 fully saturated rings. The van der Waals surface area contributed by atoms with Crippen molar-refractivity contribution < 1.29 is 4.79 Å². The lowest BCUT2D eigenvalue weighted by Crippen LogP contribution is -2.42. The molecule has 1 aliphatic rings. The molecule has 80 valence electrons. The van der Waals surface area contributed by atoms with Crippen LogP contribution in [0.1, 0.15) is 20.3 Å². The molecule has 0 spiro atoms. The summed E-state index contributed by atoms with van der Waals surface area (Å²) in [4.78, 5) is 11.7. The standard InChI is InChI=1S/C11H13BrN2O/c1-11(2)7-10(15)14(13-11)9-5-3-8(12)4-6-9/h3-6,13H,7H2,1-2H3. The van der Waals surface area contributed by atoms with Crippen LogP contribution >= 0.6 is 15.9 Å². The van der Waals surface area contributed by atoms with Crippen molar-refractivity contribution in [3.63, 3.8) is 0 Å². The summed E-state index contributed by atoms with van der Waals surface area (Å²) in [7, 11) is 0. The van der Waals surface area contributed by atoms with E-state index in [0.717, 1.165) is 10.2 Å². The highest BCUT2D eigenvalue weighted by molar-refractivity contribution is 9.10. The van der Waals surface area contributed by atoms with Gasteiger partial charge in [0.05, 0.1) is 5.69 Å². The summed E-state index contributed by atoms with van der Waals surface area (Å²) in [6.07, 6.45) is 0.531. The molecule has 2 rings (SSSR count). The van der Waals surface area contributed by atoms with Crippen molar-refractivity contribution in [2.45, 2.75) is 25.8 Å². The predicted molar refractivity (Wildman–Crippen MR) is 63.5 cm³/mol. The predicted octanol–water partition coefficient (Wildman–Crippen LogP) is 2.47. The molecule has 0 aliphatic carbocycles. The van der Waals surface area contributed by atoms with Gasteiger partial charge in [0.15, 0.2) is 0 Å². The third kappa shape index (κ3) is 2.21. The number of halogens is 1. The average molecular weight is 269 g/mol. The van der Waals surface area contributed by atoms with Crippen molar-refractivity contribution in [3.05, 3.63) is 28.7 Å². The van der Waals surface area contributed by atoms with Crippen LogP contribution in [0, 0.1) is 0 Å². The summed E-state index contributed by atoms with van der Waals surface area (Å²) in [5.41, 5.74) is 3.92. The molecule has 1 aromatic rings. The number of hydrazine groups is 1. The first kappa shape index (κ1) is 10.6. The smallest absolute Gasteiger partial charge is 0.243 e. The molecule has 1 heterocycles. The zero-order valence-corrected chi connectivity index (χ0v) is 10.3. The molecule has 1 N–H and O–H groups in total. The molecule has 1 saturated heterocycles. The molecule has 0 bridgehead atoms. The molecule has 0 saturated carbocycles. The van der Waals surface area contributed by atoms with E-state index in [0.29, 0.717) is 6.42 Å². The molecule has 1 aromatic carbocycles. The van der Waals surface area contributed by atoms with Crippen LogP contribution in [0.15, 0.2) is 28.7 Å². The minimum absolute atomic E-state index is 0.113. The van der Waals surface area contributed by atoms with Crippen LogP contribution in [0.25, 0.3) is 0 Å². The minimum atomic E-state index is -0.149. The number of benzene rings is 1. The summed E-state index contributed by atoms with van der Waals surface area (Å²) in [5.74, 6) is 0.113. The Balaban J connectivity index is 2.25. The molecular formula is C11H13BrN2O. The van der Waals surface area contributed by atoms with Gasteiger partial charge in [0.2, 0.25) is 5.91 Å². The maximum atomic E-state index is 11.7. The van der Waals surface area contributed by atoms with Crippen molar-refractivity contribution in [3.8, 4) is 0 Å². The fourth-order valence-electron chi connectivity index (χ4n) is 1.66. The lowest BCUT2D eigenvalue weighted by molar-refractivity contribution is -0.117. The van der Waals surface area contributed by atoms with Crippen molar-refractivity contribution in [1.82, 2.24) is 5.43 Å². The number of hydrogen-bond donors (Lipinski definition) is 1. The third-order valence-electron chi connectivity index (χ3n) is 2.34. The Morgan fingerprint density at radius 1 is 1.33 bits per heavy atom. The third-order valence-corrected chi connectivity index (χ3v) is 2.87. The molecule has 1 amide bonds. The number of nitrogens with zero attached hydrogens (tertiary/aromatic N) is 1. The molecule has 0 aromatic heterocycles. The number of anilines is 1.